The second-order valence-electron chi connectivity index (χ2n) is 6.11. The van der Waals surface area contributed by atoms with E-state index in [0.29, 0.717) is 6.04 Å². The van der Waals surface area contributed by atoms with Crippen molar-refractivity contribution in [2.75, 3.05) is 6.54 Å². The van der Waals surface area contributed by atoms with Gasteiger partial charge >= 0.3 is 0 Å². The maximum atomic E-state index is 3.74. The van der Waals surface area contributed by atoms with Gasteiger partial charge in [0, 0.05) is 22.9 Å². The zero-order valence-corrected chi connectivity index (χ0v) is 13.8. The second kappa shape index (κ2) is 6.55. The quantitative estimate of drug-likeness (QED) is 0.781. The van der Waals surface area contributed by atoms with E-state index < -0.39 is 0 Å². The topological polar surface area (TPSA) is 12.0 Å². The van der Waals surface area contributed by atoms with Crippen LogP contribution in [-0.4, -0.2) is 6.54 Å². The Hall–Kier alpha value is -1.12. The van der Waals surface area contributed by atoms with Crippen LogP contribution in [-0.2, 0) is 5.41 Å². The van der Waals surface area contributed by atoms with Crippen LogP contribution in [0.5, 0.6) is 0 Å². The SMILES string of the molecule is CCC(NCC(C)(C)c1cccs1)c1ccc(C)cc1. The van der Waals surface area contributed by atoms with Crippen LogP contribution in [0.4, 0.5) is 0 Å². The minimum absolute atomic E-state index is 0.187. The van der Waals surface area contributed by atoms with Gasteiger partial charge in [0.1, 0.15) is 0 Å². The van der Waals surface area contributed by atoms with Crippen molar-refractivity contribution in [1.29, 1.82) is 0 Å². The van der Waals surface area contributed by atoms with Gasteiger partial charge in [0.15, 0.2) is 0 Å². The first-order valence-corrected chi connectivity index (χ1v) is 8.25. The fourth-order valence-electron chi connectivity index (χ4n) is 2.43. The van der Waals surface area contributed by atoms with Gasteiger partial charge in [-0.3, -0.25) is 0 Å². The van der Waals surface area contributed by atoms with Gasteiger partial charge in [-0.2, -0.15) is 0 Å². The summed E-state index contributed by atoms with van der Waals surface area (Å²) in [5, 5.41) is 5.90. The van der Waals surface area contributed by atoms with Gasteiger partial charge in [0.25, 0.3) is 0 Å². The van der Waals surface area contributed by atoms with E-state index in [0.717, 1.165) is 13.0 Å². The zero-order valence-electron chi connectivity index (χ0n) is 12.9. The molecule has 0 radical (unpaired) electrons. The summed E-state index contributed by atoms with van der Waals surface area (Å²) in [7, 11) is 0. The van der Waals surface area contributed by atoms with Gasteiger partial charge in [0.05, 0.1) is 0 Å². The normalized spacial score (nSPS) is 13.4. The van der Waals surface area contributed by atoms with E-state index in [1.807, 2.05) is 11.3 Å². The average Bonchev–Trinajstić information content (AvgIpc) is 2.96. The summed E-state index contributed by atoms with van der Waals surface area (Å²) in [6.45, 7) is 10.0. The summed E-state index contributed by atoms with van der Waals surface area (Å²) in [6, 6.07) is 13.7. The summed E-state index contributed by atoms with van der Waals surface area (Å²) in [5.74, 6) is 0. The highest BCUT2D eigenvalue weighted by Crippen LogP contribution is 2.28. The molecule has 0 aliphatic carbocycles. The molecule has 1 unspecified atom stereocenters. The number of benzene rings is 1. The molecule has 0 fully saturated rings. The summed E-state index contributed by atoms with van der Waals surface area (Å²) in [6.07, 6.45) is 1.11. The molecule has 2 heteroatoms. The van der Waals surface area contributed by atoms with Gasteiger partial charge in [0.2, 0.25) is 0 Å². The molecular weight excluding hydrogens is 262 g/mol. The van der Waals surface area contributed by atoms with Crippen molar-refractivity contribution in [3.8, 4) is 0 Å². The van der Waals surface area contributed by atoms with Crippen LogP contribution >= 0.6 is 11.3 Å². The van der Waals surface area contributed by atoms with Crippen molar-refractivity contribution in [2.24, 2.45) is 0 Å². The Morgan fingerprint density at radius 1 is 1.15 bits per heavy atom. The number of nitrogens with one attached hydrogen (secondary N) is 1. The molecule has 1 atom stereocenters. The van der Waals surface area contributed by atoms with Crippen molar-refractivity contribution >= 4 is 11.3 Å². The molecule has 20 heavy (non-hydrogen) atoms. The maximum Gasteiger partial charge on any atom is 0.0317 e. The molecule has 2 rings (SSSR count). The lowest BCUT2D eigenvalue weighted by Crippen LogP contribution is -2.34. The van der Waals surface area contributed by atoms with E-state index >= 15 is 0 Å². The van der Waals surface area contributed by atoms with Gasteiger partial charge in [-0.15, -0.1) is 11.3 Å². The largest absolute Gasteiger partial charge is 0.309 e. The van der Waals surface area contributed by atoms with E-state index in [-0.39, 0.29) is 5.41 Å². The number of aryl methyl sites for hydroxylation is 1. The van der Waals surface area contributed by atoms with Crippen LogP contribution < -0.4 is 5.32 Å². The van der Waals surface area contributed by atoms with Crippen molar-refractivity contribution in [1.82, 2.24) is 5.32 Å². The number of thiophene rings is 1. The Bertz CT molecular complexity index is 511. The second-order valence-corrected chi connectivity index (χ2v) is 7.06. The summed E-state index contributed by atoms with van der Waals surface area (Å²) in [4.78, 5) is 1.45. The van der Waals surface area contributed by atoms with E-state index in [1.54, 1.807) is 0 Å². The van der Waals surface area contributed by atoms with Crippen LogP contribution in [0.2, 0.25) is 0 Å². The first-order chi connectivity index (χ1) is 9.53. The van der Waals surface area contributed by atoms with Crippen LogP contribution in [0.25, 0.3) is 0 Å². The average molecular weight is 287 g/mol. The highest BCUT2D eigenvalue weighted by molar-refractivity contribution is 7.10. The first kappa shape index (κ1) is 15.3. The van der Waals surface area contributed by atoms with Crippen LogP contribution in [0.3, 0.4) is 0 Å². The Labute approximate surface area is 127 Å². The monoisotopic (exact) mass is 287 g/mol. The lowest BCUT2D eigenvalue weighted by molar-refractivity contribution is 0.421. The molecule has 108 valence electrons. The molecule has 2 aromatic rings. The first-order valence-electron chi connectivity index (χ1n) is 7.37. The number of hydrogen-bond acceptors (Lipinski definition) is 2. The Balaban J connectivity index is 2.02. The minimum Gasteiger partial charge on any atom is -0.309 e. The molecule has 0 aliphatic rings. The molecule has 0 bridgehead atoms. The third-order valence-corrected chi connectivity index (χ3v) is 5.10. The fraction of sp³-hybridized carbons (Fsp3) is 0.444. The van der Waals surface area contributed by atoms with Crippen LogP contribution in [0, 0.1) is 6.92 Å². The van der Waals surface area contributed by atoms with Gasteiger partial charge in [-0.05, 0) is 30.4 Å². The van der Waals surface area contributed by atoms with Crippen molar-refractivity contribution in [3.05, 3.63) is 57.8 Å². The van der Waals surface area contributed by atoms with Crippen LogP contribution in [0.15, 0.2) is 41.8 Å². The summed E-state index contributed by atoms with van der Waals surface area (Å²) in [5.41, 5.74) is 2.90. The molecule has 0 amide bonds. The number of hydrogen-bond donors (Lipinski definition) is 1. The summed E-state index contributed by atoms with van der Waals surface area (Å²) >= 11 is 1.85. The van der Waals surface area contributed by atoms with E-state index in [1.165, 1.54) is 16.0 Å². The third kappa shape index (κ3) is 3.71. The minimum atomic E-state index is 0.187. The molecule has 1 N–H and O–H groups in total. The van der Waals surface area contributed by atoms with E-state index in [2.05, 4.69) is 74.8 Å². The van der Waals surface area contributed by atoms with Gasteiger partial charge in [-0.25, -0.2) is 0 Å². The molecule has 0 spiro atoms. The molecule has 1 nitrogen and oxygen atoms in total. The maximum absolute atomic E-state index is 3.74. The zero-order chi connectivity index (χ0) is 14.6. The predicted octanol–water partition coefficient (Wildman–Crippen LogP) is 5.08. The molecule has 0 aliphatic heterocycles. The predicted molar refractivity (Wildman–Crippen MR) is 89.6 cm³/mol. The molecule has 1 aromatic heterocycles. The lowest BCUT2D eigenvalue weighted by Gasteiger charge is -2.27. The van der Waals surface area contributed by atoms with Crippen molar-refractivity contribution in [2.45, 2.75) is 45.6 Å². The number of rotatable bonds is 6. The molecular formula is C18H25NS. The fourth-order valence-corrected chi connectivity index (χ4v) is 3.28. The molecule has 1 aromatic carbocycles. The standard InChI is InChI=1S/C18H25NS/c1-5-16(15-10-8-14(2)9-11-15)19-13-18(3,4)17-7-6-12-20-17/h6-12,16,19H,5,13H2,1-4H3. The highest BCUT2D eigenvalue weighted by Gasteiger charge is 2.22. The van der Waals surface area contributed by atoms with Crippen LogP contribution in [0.1, 0.15) is 49.2 Å². The third-order valence-electron chi connectivity index (χ3n) is 3.87. The van der Waals surface area contributed by atoms with E-state index in [9.17, 15) is 0 Å². The Morgan fingerprint density at radius 3 is 2.40 bits per heavy atom. The molecule has 0 saturated heterocycles. The summed E-state index contributed by atoms with van der Waals surface area (Å²) < 4.78 is 0. The Kier molecular flexibility index (Phi) is 5.00. The smallest absolute Gasteiger partial charge is 0.0317 e. The Morgan fingerprint density at radius 2 is 1.85 bits per heavy atom. The van der Waals surface area contributed by atoms with Gasteiger partial charge < -0.3 is 5.32 Å². The molecule has 1 heterocycles. The van der Waals surface area contributed by atoms with E-state index in [4.69, 9.17) is 0 Å². The van der Waals surface area contributed by atoms with Crippen molar-refractivity contribution in [3.63, 3.8) is 0 Å². The van der Waals surface area contributed by atoms with Crippen molar-refractivity contribution < 1.29 is 0 Å². The lowest BCUT2D eigenvalue weighted by atomic mass is 9.90. The molecule has 0 saturated carbocycles. The van der Waals surface area contributed by atoms with Gasteiger partial charge in [-0.1, -0.05) is 56.7 Å². The highest BCUT2D eigenvalue weighted by atomic mass is 32.1.